The van der Waals surface area contributed by atoms with Gasteiger partial charge in [-0.3, -0.25) is 4.68 Å². The number of urea groups is 1. The third-order valence-corrected chi connectivity index (χ3v) is 3.90. The SMILES string of the molecule is Cc1nn(C)c(C)c1CNC(=O)Nc1ccccc1Br. The first-order chi connectivity index (χ1) is 9.49. The summed E-state index contributed by atoms with van der Waals surface area (Å²) in [6, 6.07) is 7.25. The molecule has 6 heteroatoms. The fourth-order valence-electron chi connectivity index (χ4n) is 1.97. The highest BCUT2D eigenvalue weighted by atomic mass is 79.9. The Morgan fingerprint density at radius 1 is 1.35 bits per heavy atom. The van der Waals surface area contributed by atoms with Crippen molar-refractivity contribution in [2.75, 3.05) is 5.32 Å². The molecule has 0 unspecified atom stereocenters. The van der Waals surface area contributed by atoms with Crippen LogP contribution in [0.1, 0.15) is 17.0 Å². The Labute approximate surface area is 126 Å². The van der Waals surface area contributed by atoms with Crippen molar-refractivity contribution in [2.24, 2.45) is 7.05 Å². The van der Waals surface area contributed by atoms with Crippen molar-refractivity contribution in [3.8, 4) is 0 Å². The molecule has 1 aromatic carbocycles. The molecular weight excluding hydrogens is 320 g/mol. The maximum absolute atomic E-state index is 11.9. The zero-order valence-electron chi connectivity index (χ0n) is 11.7. The molecule has 1 aromatic heterocycles. The van der Waals surface area contributed by atoms with E-state index in [4.69, 9.17) is 0 Å². The molecule has 106 valence electrons. The van der Waals surface area contributed by atoms with Crippen molar-refractivity contribution in [1.29, 1.82) is 0 Å². The van der Waals surface area contributed by atoms with E-state index >= 15 is 0 Å². The van der Waals surface area contributed by atoms with Gasteiger partial charge in [0, 0.05) is 29.3 Å². The minimum absolute atomic E-state index is 0.237. The number of nitrogens with zero attached hydrogens (tertiary/aromatic N) is 2. The molecule has 2 N–H and O–H groups in total. The van der Waals surface area contributed by atoms with E-state index in [1.807, 2.05) is 49.8 Å². The lowest BCUT2D eigenvalue weighted by molar-refractivity contribution is 0.251. The fourth-order valence-corrected chi connectivity index (χ4v) is 2.35. The van der Waals surface area contributed by atoms with Gasteiger partial charge >= 0.3 is 6.03 Å². The molecule has 5 nitrogen and oxygen atoms in total. The van der Waals surface area contributed by atoms with Gasteiger partial charge in [0.05, 0.1) is 11.4 Å². The van der Waals surface area contributed by atoms with Crippen LogP contribution in [0.4, 0.5) is 10.5 Å². The van der Waals surface area contributed by atoms with Gasteiger partial charge < -0.3 is 10.6 Å². The van der Waals surface area contributed by atoms with Gasteiger partial charge in [-0.2, -0.15) is 5.10 Å². The number of rotatable bonds is 3. The van der Waals surface area contributed by atoms with E-state index in [-0.39, 0.29) is 6.03 Å². The number of carbonyl (C=O) groups excluding carboxylic acids is 1. The fraction of sp³-hybridized carbons (Fsp3) is 0.286. The third-order valence-electron chi connectivity index (χ3n) is 3.21. The summed E-state index contributed by atoms with van der Waals surface area (Å²) < 4.78 is 2.67. The molecular formula is C14H17BrN4O. The number of amides is 2. The summed E-state index contributed by atoms with van der Waals surface area (Å²) in [5, 5.41) is 9.97. The summed E-state index contributed by atoms with van der Waals surface area (Å²) in [5.41, 5.74) is 3.79. The van der Waals surface area contributed by atoms with Gasteiger partial charge in [0.25, 0.3) is 0 Å². The topological polar surface area (TPSA) is 59.0 Å². The average molecular weight is 337 g/mol. The van der Waals surface area contributed by atoms with Crippen molar-refractivity contribution >= 4 is 27.6 Å². The predicted molar refractivity (Wildman–Crippen MR) is 82.7 cm³/mol. The molecule has 0 fully saturated rings. The Kier molecular flexibility index (Phi) is 4.44. The van der Waals surface area contributed by atoms with Gasteiger partial charge in [0.1, 0.15) is 0 Å². The number of anilines is 1. The summed E-state index contributed by atoms with van der Waals surface area (Å²) in [6.45, 7) is 4.39. The number of aryl methyl sites for hydroxylation is 2. The van der Waals surface area contributed by atoms with Crippen LogP contribution < -0.4 is 10.6 Å². The monoisotopic (exact) mass is 336 g/mol. The number of halogens is 1. The zero-order valence-corrected chi connectivity index (χ0v) is 13.3. The lowest BCUT2D eigenvalue weighted by Gasteiger charge is -2.09. The van der Waals surface area contributed by atoms with E-state index in [1.165, 1.54) is 0 Å². The molecule has 0 atom stereocenters. The Bertz CT molecular complexity index is 636. The maximum Gasteiger partial charge on any atom is 0.319 e. The lowest BCUT2D eigenvalue weighted by Crippen LogP contribution is -2.28. The molecule has 2 amide bonds. The minimum atomic E-state index is -0.237. The zero-order chi connectivity index (χ0) is 14.7. The van der Waals surface area contributed by atoms with Crippen LogP contribution in [-0.2, 0) is 13.6 Å². The number of hydrogen-bond acceptors (Lipinski definition) is 2. The van der Waals surface area contributed by atoms with Crippen LogP contribution in [0.2, 0.25) is 0 Å². The Morgan fingerprint density at radius 3 is 2.65 bits per heavy atom. The first-order valence-corrected chi connectivity index (χ1v) is 7.06. The van der Waals surface area contributed by atoms with Crippen molar-refractivity contribution in [3.05, 3.63) is 45.7 Å². The normalized spacial score (nSPS) is 10.4. The number of benzene rings is 1. The predicted octanol–water partition coefficient (Wildman–Crippen LogP) is 3.12. The van der Waals surface area contributed by atoms with Gasteiger partial charge in [-0.1, -0.05) is 12.1 Å². The molecule has 0 bridgehead atoms. The summed E-state index contributed by atoms with van der Waals surface area (Å²) in [6.07, 6.45) is 0. The number of nitrogens with one attached hydrogen (secondary N) is 2. The van der Waals surface area contributed by atoms with Crippen LogP contribution >= 0.6 is 15.9 Å². The molecule has 0 aliphatic heterocycles. The van der Waals surface area contributed by atoms with Gasteiger partial charge in [0.15, 0.2) is 0 Å². The van der Waals surface area contributed by atoms with Crippen LogP contribution in [0.5, 0.6) is 0 Å². The molecule has 0 spiro atoms. The van der Waals surface area contributed by atoms with Gasteiger partial charge in [-0.25, -0.2) is 4.79 Å². The van der Waals surface area contributed by atoms with Crippen LogP contribution in [0.25, 0.3) is 0 Å². The summed E-state index contributed by atoms with van der Waals surface area (Å²) in [7, 11) is 1.90. The average Bonchev–Trinajstić information content (AvgIpc) is 2.64. The van der Waals surface area contributed by atoms with E-state index in [9.17, 15) is 4.79 Å². The number of para-hydroxylation sites is 1. The maximum atomic E-state index is 11.9. The quantitative estimate of drug-likeness (QED) is 0.904. The van der Waals surface area contributed by atoms with Crippen molar-refractivity contribution in [2.45, 2.75) is 20.4 Å². The molecule has 0 radical (unpaired) electrons. The largest absolute Gasteiger partial charge is 0.334 e. The lowest BCUT2D eigenvalue weighted by atomic mass is 10.2. The van der Waals surface area contributed by atoms with Crippen LogP contribution in [-0.4, -0.2) is 15.8 Å². The van der Waals surface area contributed by atoms with E-state index in [1.54, 1.807) is 0 Å². The Balaban J connectivity index is 1.98. The van der Waals surface area contributed by atoms with Crippen LogP contribution in [0.3, 0.4) is 0 Å². The van der Waals surface area contributed by atoms with Gasteiger partial charge in [0.2, 0.25) is 0 Å². The Hall–Kier alpha value is -1.82. The number of hydrogen-bond donors (Lipinski definition) is 2. The standard InChI is InChI=1S/C14H17BrN4O/c1-9-11(10(2)19(3)18-9)8-16-14(20)17-13-7-5-4-6-12(13)15/h4-7H,8H2,1-3H3,(H2,16,17,20). The highest BCUT2D eigenvalue weighted by Crippen LogP contribution is 2.21. The summed E-state index contributed by atoms with van der Waals surface area (Å²) in [5.74, 6) is 0. The van der Waals surface area contributed by atoms with Crippen LogP contribution in [0, 0.1) is 13.8 Å². The third kappa shape index (κ3) is 3.19. The van der Waals surface area contributed by atoms with Gasteiger partial charge in [-0.05, 0) is 41.9 Å². The van der Waals surface area contributed by atoms with Crippen molar-refractivity contribution < 1.29 is 4.79 Å². The summed E-state index contributed by atoms with van der Waals surface area (Å²) in [4.78, 5) is 11.9. The van der Waals surface area contributed by atoms with Crippen molar-refractivity contribution in [1.82, 2.24) is 15.1 Å². The van der Waals surface area contributed by atoms with Gasteiger partial charge in [-0.15, -0.1) is 0 Å². The molecule has 2 rings (SSSR count). The smallest absolute Gasteiger partial charge is 0.319 e. The molecule has 1 heterocycles. The second-order valence-electron chi connectivity index (χ2n) is 4.56. The molecule has 0 saturated carbocycles. The first kappa shape index (κ1) is 14.6. The number of carbonyl (C=O) groups is 1. The van der Waals surface area contributed by atoms with E-state index in [0.29, 0.717) is 6.54 Å². The number of aromatic nitrogens is 2. The van der Waals surface area contributed by atoms with E-state index in [2.05, 4.69) is 31.7 Å². The first-order valence-electron chi connectivity index (χ1n) is 6.27. The van der Waals surface area contributed by atoms with Crippen LogP contribution in [0.15, 0.2) is 28.7 Å². The summed E-state index contributed by atoms with van der Waals surface area (Å²) >= 11 is 3.39. The highest BCUT2D eigenvalue weighted by Gasteiger charge is 2.11. The molecule has 0 aliphatic carbocycles. The Morgan fingerprint density at radius 2 is 2.05 bits per heavy atom. The highest BCUT2D eigenvalue weighted by molar-refractivity contribution is 9.10. The molecule has 0 aliphatic rings. The van der Waals surface area contributed by atoms with E-state index < -0.39 is 0 Å². The van der Waals surface area contributed by atoms with E-state index in [0.717, 1.165) is 27.1 Å². The second-order valence-corrected chi connectivity index (χ2v) is 5.41. The molecule has 0 saturated heterocycles. The molecule has 20 heavy (non-hydrogen) atoms. The van der Waals surface area contributed by atoms with Crippen molar-refractivity contribution in [3.63, 3.8) is 0 Å². The minimum Gasteiger partial charge on any atom is -0.334 e. The molecule has 2 aromatic rings. The second kappa shape index (κ2) is 6.09.